The smallest absolute Gasteiger partial charge is 0.224 e. The largest absolute Gasteiger partial charge is 0.355 e. The molecule has 1 aliphatic heterocycles. The minimum atomic E-state index is 0.219. The highest BCUT2D eigenvalue weighted by Gasteiger charge is 2.21. The summed E-state index contributed by atoms with van der Waals surface area (Å²) in [5.41, 5.74) is 2.92. The average Bonchev–Trinajstić information content (AvgIpc) is 3.44. The molecule has 6 heteroatoms. The van der Waals surface area contributed by atoms with Gasteiger partial charge in [-0.2, -0.15) is 0 Å². The van der Waals surface area contributed by atoms with Gasteiger partial charge in [-0.3, -0.25) is 4.79 Å². The van der Waals surface area contributed by atoms with Gasteiger partial charge in [0.1, 0.15) is 5.82 Å². The maximum atomic E-state index is 12.9. The van der Waals surface area contributed by atoms with Crippen LogP contribution in [0, 0.1) is 0 Å². The first kappa shape index (κ1) is 23.3. The van der Waals surface area contributed by atoms with Gasteiger partial charge in [0.2, 0.25) is 5.91 Å². The molecule has 0 N–H and O–H groups in total. The molecule has 1 amide bonds. The SMILES string of the molecule is O=C(CCN(CCc1ccccc1)c1nc(-c2ccccc2Cl)nc2ccccc12)N1CCCC1. The van der Waals surface area contributed by atoms with Gasteiger partial charge in [0.15, 0.2) is 5.82 Å². The second kappa shape index (κ2) is 10.9. The molecule has 2 heterocycles. The van der Waals surface area contributed by atoms with Crippen LogP contribution in [-0.4, -0.2) is 47.0 Å². The number of hydrogen-bond donors (Lipinski definition) is 0. The minimum Gasteiger partial charge on any atom is -0.355 e. The van der Waals surface area contributed by atoms with Crippen molar-refractivity contribution < 1.29 is 4.79 Å². The number of likely N-dealkylation sites (tertiary alicyclic amines) is 1. The van der Waals surface area contributed by atoms with Crippen LogP contribution in [0.5, 0.6) is 0 Å². The molecule has 0 atom stereocenters. The number of anilines is 1. The summed E-state index contributed by atoms with van der Waals surface area (Å²) in [7, 11) is 0. The Morgan fingerprint density at radius 3 is 2.37 bits per heavy atom. The Labute approximate surface area is 211 Å². The molecule has 3 aromatic carbocycles. The Morgan fingerprint density at radius 1 is 0.857 bits per heavy atom. The zero-order valence-electron chi connectivity index (χ0n) is 19.7. The van der Waals surface area contributed by atoms with E-state index in [1.165, 1.54) is 5.56 Å². The molecule has 0 radical (unpaired) electrons. The number of rotatable bonds is 8. The predicted octanol–water partition coefficient (Wildman–Crippen LogP) is 6.01. The number of carbonyl (C=O) groups excluding carboxylic acids is 1. The van der Waals surface area contributed by atoms with Crippen LogP contribution in [0.1, 0.15) is 24.8 Å². The van der Waals surface area contributed by atoms with E-state index in [2.05, 4.69) is 35.2 Å². The lowest BCUT2D eigenvalue weighted by molar-refractivity contribution is -0.129. The molecule has 1 fully saturated rings. The third-order valence-corrected chi connectivity index (χ3v) is 6.89. The van der Waals surface area contributed by atoms with Crippen molar-refractivity contribution in [2.45, 2.75) is 25.7 Å². The number of aromatic nitrogens is 2. The van der Waals surface area contributed by atoms with E-state index < -0.39 is 0 Å². The molecule has 0 saturated carbocycles. The van der Waals surface area contributed by atoms with Crippen molar-refractivity contribution in [2.75, 3.05) is 31.1 Å². The molecule has 0 aliphatic carbocycles. The summed E-state index contributed by atoms with van der Waals surface area (Å²) in [5, 5.41) is 1.60. The van der Waals surface area contributed by atoms with Crippen molar-refractivity contribution in [3.05, 3.63) is 89.4 Å². The van der Waals surface area contributed by atoms with Crippen molar-refractivity contribution in [3.8, 4) is 11.4 Å². The molecule has 0 bridgehead atoms. The second-order valence-corrected chi connectivity index (χ2v) is 9.34. The predicted molar refractivity (Wildman–Crippen MR) is 143 cm³/mol. The lowest BCUT2D eigenvalue weighted by atomic mass is 10.1. The van der Waals surface area contributed by atoms with Crippen LogP contribution in [0.25, 0.3) is 22.3 Å². The quantitative estimate of drug-likeness (QED) is 0.307. The maximum Gasteiger partial charge on any atom is 0.224 e. The zero-order valence-corrected chi connectivity index (χ0v) is 20.5. The standard InChI is InChI=1S/C29H29ClN4O/c30-25-14-6-4-12-23(25)28-31-26-15-7-5-13-24(26)29(32-28)34(20-16-22-10-2-1-3-11-22)21-17-27(35)33-18-8-9-19-33/h1-7,10-15H,8-9,16-21H2. The fourth-order valence-electron chi connectivity index (χ4n) is 4.65. The summed E-state index contributed by atoms with van der Waals surface area (Å²) in [6.07, 6.45) is 3.52. The number of carbonyl (C=O) groups is 1. The first-order chi connectivity index (χ1) is 17.2. The van der Waals surface area contributed by atoms with E-state index >= 15 is 0 Å². The molecule has 1 saturated heterocycles. The highest BCUT2D eigenvalue weighted by Crippen LogP contribution is 2.31. The molecule has 0 spiro atoms. The Hall–Kier alpha value is -3.44. The van der Waals surface area contributed by atoms with Gasteiger partial charge in [0.25, 0.3) is 0 Å². The molecular formula is C29H29ClN4O. The number of halogens is 1. The van der Waals surface area contributed by atoms with E-state index in [0.29, 0.717) is 23.8 Å². The van der Waals surface area contributed by atoms with Crippen molar-refractivity contribution in [1.82, 2.24) is 14.9 Å². The summed E-state index contributed by atoms with van der Waals surface area (Å²) in [4.78, 5) is 27.0. The number of fused-ring (bicyclic) bond motifs is 1. The molecule has 35 heavy (non-hydrogen) atoms. The summed E-state index contributed by atoms with van der Waals surface area (Å²) >= 11 is 6.51. The van der Waals surface area contributed by atoms with Crippen LogP contribution in [0.3, 0.4) is 0 Å². The molecular weight excluding hydrogens is 456 g/mol. The Kier molecular flexibility index (Phi) is 7.24. The molecule has 1 aliphatic rings. The Bertz CT molecular complexity index is 1300. The summed E-state index contributed by atoms with van der Waals surface area (Å²) in [6.45, 7) is 3.09. The third-order valence-electron chi connectivity index (χ3n) is 6.56. The first-order valence-electron chi connectivity index (χ1n) is 12.3. The van der Waals surface area contributed by atoms with Gasteiger partial charge >= 0.3 is 0 Å². The summed E-state index contributed by atoms with van der Waals surface area (Å²) in [5.74, 6) is 1.66. The van der Waals surface area contributed by atoms with Gasteiger partial charge in [-0.1, -0.05) is 66.2 Å². The van der Waals surface area contributed by atoms with Crippen LogP contribution in [0.2, 0.25) is 5.02 Å². The van der Waals surface area contributed by atoms with Crippen molar-refractivity contribution in [3.63, 3.8) is 0 Å². The van der Waals surface area contributed by atoms with E-state index in [4.69, 9.17) is 21.6 Å². The molecule has 1 aromatic heterocycles. The first-order valence-corrected chi connectivity index (χ1v) is 12.7. The molecule has 5 nitrogen and oxygen atoms in total. The van der Waals surface area contributed by atoms with Gasteiger partial charge in [0, 0.05) is 43.5 Å². The van der Waals surface area contributed by atoms with E-state index in [0.717, 1.165) is 61.2 Å². The van der Waals surface area contributed by atoms with E-state index in [-0.39, 0.29) is 5.91 Å². The van der Waals surface area contributed by atoms with E-state index in [9.17, 15) is 4.79 Å². The topological polar surface area (TPSA) is 49.3 Å². The van der Waals surface area contributed by atoms with E-state index in [1.807, 2.05) is 53.4 Å². The lowest BCUT2D eigenvalue weighted by Crippen LogP contribution is -2.34. The monoisotopic (exact) mass is 484 g/mol. The van der Waals surface area contributed by atoms with Crippen molar-refractivity contribution >= 4 is 34.2 Å². The summed E-state index contributed by atoms with van der Waals surface area (Å²) in [6, 6.07) is 26.1. The molecule has 5 rings (SSSR count). The van der Waals surface area contributed by atoms with Gasteiger partial charge in [-0.05, 0) is 49.1 Å². The van der Waals surface area contributed by atoms with Crippen LogP contribution in [-0.2, 0) is 11.2 Å². The fraction of sp³-hybridized carbons (Fsp3) is 0.276. The van der Waals surface area contributed by atoms with Crippen molar-refractivity contribution in [2.24, 2.45) is 0 Å². The number of benzene rings is 3. The normalized spacial score (nSPS) is 13.3. The molecule has 178 valence electrons. The Balaban J connectivity index is 1.51. The average molecular weight is 485 g/mol. The fourth-order valence-corrected chi connectivity index (χ4v) is 4.87. The number of para-hydroxylation sites is 1. The highest BCUT2D eigenvalue weighted by atomic mass is 35.5. The number of hydrogen-bond acceptors (Lipinski definition) is 4. The van der Waals surface area contributed by atoms with Crippen LogP contribution in [0.15, 0.2) is 78.9 Å². The second-order valence-electron chi connectivity index (χ2n) is 8.93. The van der Waals surface area contributed by atoms with Gasteiger partial charge in [0.05, 0.1) is 10.5 Å². The minimum absolute atomic E-state index is 0.219. The van der Waals surface area contributed by atoms with Gasteiger partial charge < -0.3 is 9.80 Å². The van der Waals surface area contributed by atoms with Gasteiger partial charge in [-0.15, -0.1) is 0 Å². The molecule has 4 aromatic rings. The van der Waals surface area contributed by atoms with Crippen LogP contribution in [0.4, 0.5) is 5.82 Å². The third kappa shape index (κ3) is 5.46. The van der Waals surface area contributed by atoms with Crippen LogP contribution >= 0.6 is 11.6 Å². The Morgan fingerprint density at radius 2 is 1.57 bits per heavy atom. The lowest BCUT2D eigenvalue weighted by Gasteiger charge is -2.26. The maximum absolute atomic E-state index is 12.9. The molecule has 0 unspecified atom stereocenters. The van der Waals surface area contributed by atoms with Gasteiger partial charge in [-0.25, -0.2) is 9.97 Å². The highest BCUT2D eigenvalue weighted by molar-refractivity contribution is 6.33. The van der Waals surface area contributed by atoms with Crippen molar-refractivity contribution in [1.29, 1.82) is 0 Å². The zero-order chi connectivity index (χ0) is 24.0. The van der Waals surface area contributed by atoms with E-state index in [1.54, 1.807) is 0 Å². The summed E-state index contributed by atoms with van der Waals surface area (Å²) < 4.78 is 0. The number of nitrogens with zero attached hydrogens (tertiary/aromatic N) is 4. The number of amides is 1. The van der Waals surface area contributed by atoms with Crippen LogP contribution < -0.4 is 4.90 Å².